The second kappa shape index (κ2) is 4.21. The first-order valence-electron chi connectivity index (χ1n) is 5.97. The SMILES string of the molecule is CCCC(=O)c1ccc2n1[C@H](C)CCC2. The van der Waals surface area contributed by atoms with Crippen LogP contribution in [0.25, 0.3) is 0 Å². The van der Waals surface area contributed by atoms with Crippen LogP contribution >= 0.6 is 0 Å². The zero-order valence-corrected chi connectivity index (χ0v) is 9.62. The lowest BCUT2D eigenvalue weighted by molar-refractivity contribution is 0.0969. The number of hydrogen-bond acceptors (Lipinski definition) is 1. The molecule has 0 aromatic carbocycles. The molecule has 1 aromatic heterocycles. The summed E-state index contributed by atoms with van der Waals surface area (Å²) in [5.41, 5.74) is 2.27. The number of Topliss-reactive ketones (excluding diaryl/α,β-unsaturated/α-hetero) is 1. The Bertz CT molecular complexity index is 365. The number of nitrogens with zero attached hydrogens (tertiary/aromatic N) is 1. The second-order valence-electron chi connectivity index (χ2n) is 4.49. The number of fused-ring (bicyclic) bond motifs is 1. The van der Waals surface area contributed by atoms with Crippen LogP contribution in [0, 0.1) is 0 Å². The molecule has 0 bridgehead atoms. The van der Waals surface area contributed by atoms with Crippen molar-refractivity contribution in [1.82, 2.24) is 4.57 Å². The zero-order valence-electron chi connectivity index (χ0n) is 9.62. The smallest absolute Gasteiger partial charge is 0.179 e. The summed E-state index contributed by atoms with van der Waals surface area (Å²) in [6.07, 6.45) is 5.20. The zero-order chi connectivity index (χ0) is 10.8. The van der Waals surface area contributed by atoms with Crippen molar-refractivity contribution in [3.8, 4) is 0 Å². The second-order valence-corrected chi connectivity index (χ2v) is 4.49. The van der Waals surface area contributed by atoms with Crippen LogP contribution in [0.4, 0.5) is 0 Å². The number of ketones is 1. The van der Waals surface area contributed by atoms with E-state index in [1.54, 1.807) is 0 Å². The van der Waals surface area contributed by atoms with Gasteiger partial charge in [-0.05, 0) is 44.7 Å². The molecule has 0 spiro atoms. The summed E-state index contributed by atoms with van der Waals surface area (Å²) < 4.78 is 2.25. The van der Waals surface area contributed by atoms with Gasteiger partial charge in [-0.15, -0.1) is 0 Å². The predicted molar refractivity (Wildman–Crippen MR) is 61.3 cm³/mol. The van der Waals surface area contributed by atoms with Gasteiger partial charge in [0.15, 0.2) is 5.78 Å². The van der Waals surface area contributed by atoms with Crippen molar-refractivity contribution in [3.05, 3.63) is 23.5 Å². The summed E-state index contributed by atoms with van der Waals surface area (Å²) in [5.74, 6) is 0.303. The maximum atomic E-state index is 11.9. The molecule has 2 heterocycles. The third-order valence-corrected chi connectivity index (χ3v) is 3.26. The summed E-state index contributed by atoms with van der Waals surface area (Å²) in [4.78, 5) is 11.9. The minimum absolute atomic E-state index is 0.303. The van der Waals surface area contributed by atoms with Crippen LogP contribution in [0.2, 0.25) is 0 Å². The van der Waals surface area contributed by atoms with Gasteiger partial charge in [0.05, 0.1) is 5.69 Å². The Hall–Kier alpha value is -1.05. The fourth-order valence-electron chi connectivity index (χ4n) is 2.50. The predicted octanol–water partition coefficient (Wildman–Crippen LogP) is 3.37. The maximum Gasteiger partial charge on any atom is 0.179 e. The van der Waals surface area contributed by atoms with Gasteiger partial charge in [0.2, 0.25) is 0 Å². The lowest BCUT2D eigenvalue weighted by Crippen LogP contribution is -2.19. The summed E-state index contributed by atoms with van der Waals surface area (Å²) >= 11 is 0. The highest BCUT2D eigenvalue weighted by Crippen LogP contribution is 2.28. The van der Waals surface area contributed by atoms with Crippen molar-refractivity contribution in [3.63, 3.8) is 0 Å². The van der Waals surface area contributed by atoms with E-state index in [0.717, 1.165) is 18.5 Å². The summed E-state index contributed by atoms with van der Waals surface area (Å²) in [5, 5.41) is 0. The van der Waals surface area contributed by atoms with Gasteiger partial charge >= 0.3 is 0 Å². The lowest BCUT2D eigenvalue weighted by Gasteiger charge is -2.24. The van der Waals surface area contributed by atoms with Gasteiger partial charge in [-0.1, -0.05) is 6.92 Å². The molecule has 0 aliphatic carbocycles. The van der Waals surface area contributed by atoms with Crippen LogP contribution in [0.5, 0.6) is 0 Å². The molecule has 2 nitrogen and oxygen atoms in total. The first-order valence-corrected chi connectivity index (χ1v) is 5.97. The van der Waals surface area contributed by atoms with Crippen LogP contribution < -0.4 is 0 Å². The van der Waals surface area contributed by atoms with Crippen LogP contribution in [0.1, 0.15) is 61.8 Å². The van der Waals surface area contributed by atoms with E-state index in [4.69, 9.17) is 0 Å². The molecule has 1 aromatic rings. The van der Waals surface area contributed by atoms with Gasteiger partial charge in [-0.25, -0.2) is 0 Å². The van der Waals surface area contributed by atoms with E-state index in [0.29, 0.717) is 18.2 Å². The molecule has 1 aliphatic heterocycles. The lowest BCUT2D eigenvalue weighted by atomic mass is 10.0. The summed E-state index contributed by atoms with van der Waals surface area (Å²) in [6, 6.07) is 4.63. The van der Waals surface area contributed by atoms with Gasteiger partial charge < -0.3 is 4.57 Å². The molecule has 2 heteroatoms. The molecule has 0 amide bonds. The summed E-state index contributed by atoms with van der Waals surface area (Å²) in [6.45, 7) is 4.27. The molecule has 82 valence electrons. The fourth-order valence-corrected chi connectivity index (χ4v) is 2.50. The fraction of sp³-hybridized carbons (Fsp3) is 0.615. The van der Waals surface area contributed by atoms with Crippen molar-refractivity contribution in [1.29, 1.82) is 0 Å². The van der Waals surface area contributed by atoms with Crippen molar-refractivity contribution in [2.24, 2.45) is 0 Å². The molecule has 1 aliphatic rings. The Kier molecular flexibility index (Phi) is 2.94. The number of aryl methyl sites for hydroxylation is 1. The molecule has 2 rings (SSSR count). The van der Waals surface area contributed by atoms with Gasteiger partial charge in [-0.3, -0.25) is 4.79 Å². The first kappa shape index (κ1) is 10.5. The Balaban J connectivity index is 2.33. The molecule has 0 N–H and O–H groups in total. The van der Waals surface area contributed by atoms with Crippen molar-refractivity contribution in [2.75, 3.05) is 0 Å². The molecule has 15 heavy (non-hydrogen) atoms. The third kappa shape index (κ3) is 1.85. The molecule has 0 saturated carbocycles. The first-order chi connectivity index (χ1) is 7.24. The van der Waals surface area contributed by atoms with Gasteiger partial charge in [-0.2, -0.15) is 0 Å². The average Bonchev–Trinajstić information content (AvgIpc) is 2.63. The normalized spacial score (nSPS) is 20.0. The number of hydrogen-bond donors (Lipinski definition) is 0. The van der Waals surface area contributed by atoms with Gasteiger partial charge in [0, 0.05) is 18.2 Å². The highest BCUT2D eigenvalue weighted by molar-refractivity contribution is 5.94. The largest absolute Gasteiger partial charge is 0.339 e. The average molecular weight is 205 g/mol. The molecule has 1 atom stereocenters. The number of carbonyl (C=O) groups excluding carboxylic acids is 1. The van der Waals surface area contributed by atoms with Crippen molar-refractivity contribution in [2.45, 2.75) is 52.0 Å². The van der Waals surface area contributed by atoms with Crippen LogP contribution in [-0.2, 0) is 6.42 Å². The van der Waals surface area contributed by atoms with E-state index in [9.17, 15) is 4.79 Å². The Morgan fingerprint density at radius 2 is 2.33 bits per heavy atom. The van der Waals surface area contributed by atoms with Gasteiger partial charge in [0.1, 0.15) is 0 Å². The van der Waals surface area contributed by atoms with E-state index in [-0.39, 0.29) is 0 Å². The highest BCUT2D eigenvalue weighted by Gasteiger charge is 2.21. The molecular weight excluding hydrogens is 186 g/mol. The highest BCUT2D eigenvalue weighted by atomic mass is 16.1. The Morgan fingerprint density at radius 3 is 3.07 bits per heavy atom. The van der Waals surface area contributed by atoms with Crippen molar-refractivity contribution >= 4 is 5.78 Å². The maximum absolute atomic E-state index is 11.9. The van der Waals surface area contributed by atoms with E-state index < -0.39 is 0 Å². The van der Waals surface area contributed by atoms with Crippen LogP contribution in [-0.4, -0.2) is 10.4 Å². The minimum atomic E-state index is 0.303. The summed E-state index contributed by atoms with van der Waals surface area (Å²) in [7, 11) is 0. The molecule has 0 radical (unpaired) electrons. The van der Waals surface area contributed by atoms with E-state index in [1.165, 1.54) is 18.5 Å². The Labute approximate surface area is 91.3 Å². The molecule has 0 unspecified atom stereocenters. The topological polar surface area (TPSA) is 22.0 Å². The van der Waals surface area contributed by atoms with E-state index in [2.05, 4.69) is 24.5 Å². The van der Waals surface area contributed by atoms with Crippen molar-refractivity contribution < 1.29 is 4.79 Å². The number of aromatic nitrogens is 1. The molecule has 0 fully saturated rings. The Morgan fingerprint density at radius 1 is 1.53 bits per heavy atom. The monoisotopic (exact) mass is 205 g/mol. The standard InChI is InChI=1S/C13H19NO/c1-3-5-13(15)12-9-8-11-7-4-6-10(2)14(11)12/h8-10H,3-7H2,1-2H3/t10-/m1/s1. The number of rotatable bonds is 3. The van der Waals surface area contributed by atoms with Crippen LogP contribution in [0.3, 0.4) is 0 Å². The van der Waals surface area contributed by atoms with E-state index >= 15 is 0 Å². The quantitative estimate of drug-likeness (QED) is 0.693. The number of carbonyl (C=O) groups is 1. The molecular formula is C13H19NO. The minimum Gasteiger partial charge on any atom is -0.339 e. The molecule has 0 saturated heterocycles. The van der Waals surface area contributed by atoms with Crippen LogP contribution in [0.15, 0.2) is 12.1 Å². The third-order valence-electron chi connectivity index (χ3n) is 3.26. The van der Waals surface area contributed by atoms with E-state index in [1.807, 2.05) is 6.07 Å². The van der Waals surface area contributed by atoms with Gasteiger partial charge in [0.25, 0.3) is 0 Å².